The maximum atomic E-state index is 9.95. The Bertz CT molecular complexity index is 602. The quantitative estimate of drug-likeness (QED) is 0.871. The third-order valence-electron chi connectivity index (χ3n) is 2.95. The van der Waals surface area contributed by atoms with Crippen LogP contribution in [0.5, 0.6) is 17.2 Å². The van der Waals surface area contributed by atoms with Crippen molar-refractivity contribution in [2.24, 2.45) is 0 Å². The first-order valence-corrected chi connectivity index (χ1v) is 6.87. The molecular formula is C15H16BrNO3. The molecule has 2 aromatic rings. The van der Waals surface area contributed by atoms with Crippen LogP contribution >= 0.6 is 15.9 Å². The number of phenolic OH excluding ortho intramolecular Hbond substituents is 1. The molecule has 2 aromatic carbocycles. The minimum atomic E-state index is 0.243. The number of halogens is 1. The van der Waals surface area contributed by atoms with Gasteiger partial charge in [0, 0.05) is 18.2 Å². The molecular weight excluding hydrogens is 322 g/mol. The Hall–Kier alpha value is -1.88. The molecule has 0 heterocycles. The number of para-hydroxylation sites is 1. The molecule has 0 saturated heterocycles. The van der Waals surface area contributed by atoms with Crippen molar-refractivity contribution in [2.45, 2.75) is 6.54 Å². The van der Waals surface area contributed by atoms with E-state index in [2.05, 4.69) is 21.2 Å². The minimum absolute atomic E-state index is 0.243. The number of aromatic hydroxyl groups is 1. The molecule has 0 radical (unpaired) electrons. The number of phenols is 1. The zero-order valence-corrected chi connectivity index (χ0v) is 12.9. The molecule has 0 saturated carbocycles. The Balaban J connectivity index is 2.16. The van der Waals surface area contributed by atoms with Gasteiger partial charge in [-0.05, 0) is 34.1 Å². The van der Waals surface area contributed by atoms with Gasteiger partial charge in [0.25, 0.3) is 0 Å². The van der Waals surface area contributed by atoms with E-state index in [-0.39, 0.29) is 5.75 Å². The summed E-state index contributed by atoms with van der Waals surface area (Å²) in [4.78, 5) is 0. The molecule has 0 aliphatic heterocycles. The van der Waals surface area contributed by atoms with Gasteiger partial charge in [0.15, 0.2) is 0 Å². The average Bonchev–Trinajstić information content (AvgIpc) is 2.48. The topological polar surface area (TPSA) is 50.7 Å². The SMILES string of the molecule is COc1ccc(NCc2cccc(Br)c2O)c(OC)c1. The van der Waals surface area contributed by atoms with E-state index in [0.29, 0.717) is 16.8 Å². The van der Waals surface area contributed by atoms with Crippen molar-refractivity contribution >= 4 is 21.6 Å². The summed E-state index contributed by atoms with van der Waals surface area (Å²) in [5, 5.41) is 13.2. The summed E-state index contributed by atoms with van der Waals surface area (Å²) in [5.74, 6) is 1.67. The molecule has 4 nitrogen and oxygen atoms in total. The number of nitrogens with one attached hydrogen (secondary N) is 1. The van der Waals surface area contributed by atoms with Crippen LogP contribution in [-0.4, -0.2) is 19.3 Å². The van der Waals surface area contributed by atoms with E-state index in [1.54, 1.807) is 20.3 Å². The maximum absolute atomic E-state index is 9.95. The lowest BCUT2D eigenvalue weighted by Crippen LogP contribution is -2.02. The molecule has 0 atom stereocenters. The third kappa shape index (κ3) is 3.17. The summed E-state index contributed by atoms with van der Waals surface area (Å²) in [6.07, 6.45) is 0. The number of ether oxygens (including phenoxy) is 2. The standard InChI is InChI=1S/C15H16BrNO3/c1-19-11-6-7-13(14(8-11)20-2)17-9-10-4-3-5-12(16)15(10)18/h3-8,17-18H,9H2,1-2H3. The molecule has 0 bridgehead atoms. The second kappa shape index (κ2) is 6.52. The summed E-state index contributed by atoms with van der Waals surface area (Å²) >= 11 is 3.30. The summed E-state index contributed by atoms with van der Waals surface area (Å²) in [7, 11) is 3.22. The first-order chi connectivity index (χ1) is 9.65. The van der Waals surface area contributed by atoms with E-state index >= 15 is 0 Å². The Morgan fingerprint density at radius 3 is 2.65 bits per heavy atom. The van der Waals surface area contributed by atoms with Crippen LogP contribution in [0.2, 0.25) is 0 Å². The summed E-state index contributed by atoms with van der Waals surface area (Å²) < 4.78 is 11.2. The Morgan fingerprint density at radius 1 is 1.15 bits per heavy atom. The van der Waals surface area contributed by atoms with Gasteiger partial charge in [-0.15, -0.1) is 0 Å². The van der Waals surface area contributed by atoms with Crippen LogP contribution < -0.4 is 14.8 Å². The maximum Gasteiger partial charge on any atom is 0.145 e. The van der Waals surface area contributed by atoms with Crippen molar-refractivity contribution in [2.75, 3.05) is 19.5 Å². The van der Waals surface area contributed by atoms with Crippen LogP contribution in [0, 0.1) is 0 Å². The average molecular weight is 338 g/mol. The monoisotopic (exact) mass is 337 g/mol. The van der Waals surface area contributed by atoms with Crippen molar-refractivity contribution in [3.63, 3.8) is 0 Å². The lowest BCUT2D eigenvalue weighted by atomic mass is 10.2. The Morgan fingerprint density at radius 2 is 1.95 bits per heavy atom. The van der Waals surface area contributed by atoms with Crippen molar-refractivity contribution in [1.29, 1.82) is 0 Å². The van der Waals surface area contributed by atoms with E-state index in [1.165, 1.54) is 0 Å². The van der Waals surface area contributed by atoms with Gasteiger partial charge in [-0.25, -0.2) is 0 Å². The van der Waals surface area contributed by atoms with Crippen molar-refractivity contribution < 1.29 is 14.6 Å². The fourth-order valence-corrected chi connectivity index (χ4v) is 2.24. The highest BCUT2D eigenvalue weighted by atomic mass is 79.9. The molecule has 20 heavy (non-hydrogen) atoms. The van der Waals surface area contributed by atoms with Crippen LogP contribution in [0.4, 0.5) is 5.69 Å². The minimum Gasteiger partial charge on any atom is -0.506 e. The predicted molar refractivity (Wildman–Crippen MR) is 82.7 cm³/mol. The van der Waals surface area contributed by atoms with Crippen LogP contribution in [0.3, 0.4) is 0 Å². The molecule has 0 unspecified atom stereocenters. The Labute approximate surface area is 126 Å². The number of hydrogen-bond acceptors (Lipinski definition) is 4. The Kier molecular flexibility index (Phi) is 4.74. The zero-order valence-electron chi connectivity index (χ0n) is 11.3. The highest BCUT2D eigenvalue weighted by Crippen LogP contribution is 2.31. The van der Waals surface area contributed by atoms with Crippen LogP contribution in [0.1, 0.15) is 5.56 Å². The van der Waals surface area contributed by atoms with Gasteiger partial charge in [0.1, 0.15) is 17.2 Å². The van der Waals surface area contributed by atoms with Gasteiger partial charge in [-0.3, -0.25) is 0 Å². The van der Waals surface area contributed by atoms with E-state index in [0.717, 1.165) is 17.0 Å². The molecule has 2 rings (SSSR count). The lowest BCUT2D eigenvalue weighted by molar-refractivity contribution is 0.395. The van der Waals surface area contributed by atoms with Gasteiger partial charge < -0.3 is 19.9 Å². The van der Waals surface area contributed by atoms with E-state index < -0.39 is 0 Å². The van der Waals surface area contributed by atoms with E-state index in [4.69, 9.17) is 9.47 Å². The van der Waals surface area contributed by atoms with Gasteiger partial charge in [-0.2, -0.15) is 0 Å². The number of benzene rings is 2. The largest absolute Gasteiger partial charge is 0.506 e. The predicted octanol–water partition coefficient (Wildman–Crippen LogP) is 3.78. The summed E-state index contributed by atoms with van der Waals surface area (Å²) in [6, 6.07) is 11.1. The molecule has 5 heteroatoms. The molecule has 2 N–H and O–H groups in total. The molecule has 0 aromatic heterocycles. The molecule has 0 aliphatic rings. The van der Waals surface area contributed by atoms with Gasteiger partial charge >= 0.3 is 0 Å². The molecule has 0 fully saturated rings. The van der Waals surface area contributed by atoms with Crippen molar-refractivity contribution in [3.8, 4) is 17.2 Å². The number of methoxy groups -OCH3 is 2. The second-order valence-electron chi connectivity index (χ2n) is 4.17. The van der Waals surface area contributed by atoms with Gasteiger partial charge in [0.2, 0.25) is 0 Å². The highest BCUT2D eigenvalue weighted by Gasteiger charge is 2.07. The van der Waals surface area contributed by atoms with Crippen LogP contribution in [-0.2, 0) is 6.54 Å². The van der Waals surface area contributed by atoms with Crippen LogP contribution in [0.15, 0.2) is 40.9 Å². The molecule has 0 aliphatic carbocycles. The highest BCUT2D eigenvalue weighted by molar-refractivity contribution is 9.10. The van der Waals surface area contributed by atoms with Gasteiger partial charge in [0.05, 0.1) is 24.4 Å². The van der Waals surface area contributed by atoms with Crippen molar-refractivity contribution in [1.82, 2.24) is 0 Å². The third-order valence-corrected chi connectivity index (χ3v) is 3.59. The number of anilines is 1. The second-order valence-corrected chi connectivity index (χ2v) is 5.02. The first-order valence-electron chi connectivity index (χ1n) is 6.08. The van der Waals surface area contributed by atoms with E-state index in [9.17, 15) is 5.11 Å². The zero-order chi connectivity index (χ0) is 14.5. The van der Waals surface area contributed by atoms with E-state index in [1.807, 2.05) is 30.3 Å². The number of rotatable bonds is 5. The van der Waals surface area contributed by atoms with Crippen molar-refractivity contribution in [3.05, 3.63) is 46.4 Å². The molecule has 106 valence electrons. The first kappa shape index (κ1) is 14.5. The van der Waals surface area contributed by atoms with Crippen LogP contribution in [0.25, 0.3) is 0 Å². The number of hydrogen-bond donors (Lipinski definition) is 2. The fourth-order valence-electron chi connectivity index (χ4n) is 1.84. The lowest BCUT2D eigenvalue weighted by Gasteiger charge is -2.13. The molecule has 0 spiro atoms. The fraction of sp³-hybridized carbons (Fsp3) is 0.200. The molecule has 0 amide bonds. The normalized spacial score (nSPS) is 10.2. The summed E-state index contributed by atoms with van der Waals surface area (Å²) in [6.45, 7) is 0.494. The smallest absolute Gasteiger partial charge is 0.145 e. The summed E-state index contributed by atoms with van der Waals surface area (Å²) in [5.41, 5.74) is 1.64. The van der Waals surface area contributed by atoms with Gasteiger partial charge in [-0.1, -0.05) is 12.1 Å².